The van der Waals surface area contributed by atoms with E-state index in [9.17, 15) is 0 Å². The maximum atomic E-state index is 4.02. The van der Waals surface area contributed by atoms with Crippen LogP contribution in [0.15, 0.2) is 24.5 Å². The largest absolute Gasteiger partial charge is 0.298 e. The second kappa shape index (κ2) is 3.85. The molecule has 0 amide bonds. The average molecular weight is 177 g/mol. The Kier molecular flexibility index (Phi) is 2.57. The summed E-state index contributed by atoms with van der Waals surface area (Å²) in [6, 6.07) is 4.14. The molecule has 1 aliphatic rings. The molecule has 1 N–H and O–H groups in total. The molecule has 1 aliphatic heterocycles. The second-order valence-corrected chi connectivity index (χ2v) is 3.47. The smallest absolute Gasteiger partial charge is 0.0859 e. The van der Waals surface area contributed by atoms with E-state index in [1.165, 1.54) is 18.5 Å². The van der Waals surface area contributed by atoms with Crippen LogP contribution < -0.4 is 5.32 Å². The topological polar surface area (TPSA) is 28.2 Å². The van der Waals surface area contributed by atoms with Crippen molar-refractivity contribution in [2.45, 2.75) is 12.6 Å². The van der Waals surface area contributed by atoms with Crippen molar-refractivity contribution in [3.8, 4) is 0 Å². The third kappa shape index (κ3) is 1.87. The highest BCUT2D eigenvalue weighted by molar-refractivity contribution is 5.14. The van der Waals surface area contributed by atoms with Gasteiger partial charge in [-0.15, -0.1) is 0 Å². The van der Waals surface area contributed by atoms with Crippen LogP contribution in [0, 0.1) is 0 Å². The molecule has 0 radical (unpaired) electrons. The van der Waals surface area contributed by atoms with Gasteiger partial charge < -0.3 is 0 Å². The molecule has 3 heteroatoms. The van der Waals surface area contributed by atoms with Crippen LogP contribution in [-0.4, -0.2) is 30.0 Å². The van der Waals surface area contributed by atoms with Crippen LogP contribution in [-0.2, 0) is 0 Å². The van der Waals surface area contributed by atoms with Crippen molar-refractivity contribution in [2.75, 3.05) is 20.1 Å². The predicted molar refractivity (Wildman–Crippen MR) is 52.2 cm³/mol. The molecule has 2 heterocycles. The van der Waals surface area contributed by atoms with E-state index in [-0.39, 0.29) is 0 Å². The average Bonchev–Trinajstić information content (AvgIpc) is 2.20. The molecule has 0 aliphatic carbocycles. The van der Waals surface area contributed by atoms with Crippen LogP contribution in [0.1, 0.15) is 18.2 Å². The van der Waals surface area contributed by atoms with E-state index >= 15 is 0 Å². The summed E-state index contributed by atoms with van der Waals surface area (Å²) in [5.41, 5.74) is 1.30. The van der Waals surface area contributed by atoms with E-state index in [4.69, 9.17) is 0 Å². The summed E-state index contributed by atoms with van der Waals surface area (Å²) in [5.74, 6) is 0. The summed E-state index contributed by atoms with van der Waals surface area (Å²) in [6.45, 7) is 2.28. The standard InChI is InChI=1S/C10H15N3/c1-13-8-2-5-12-10(13)9-3-6-11-7-4-9/h3-4,6-7,10,12H,2,5,8H2,1H3. The van der Waals surface area contributed by atoms with Crippen molar-refractivity contribution in [1.29, 1.82) is 0 Å². The summed E-state index contributed by atoms with van der Waals surface area (Å²) in [5, 5.41) is 3.48. The summed E-state index contributed by atoms with van der Waals surface area (Å²) >= 11 is 0. The maximum absolute atomic E-state index is 4.02. The van der Waals surface area contributed by atoms with E-state index < -0.39 is 0 Å². The first-order valence-electron chi connectivity index (χ1n) is 4.71. The molecule has 1 saturated heterocycles. The molecule has 1 aromatic heterocycles. The van der Waals surface area contributed by atoms with Gasteiger partial charge in [-0.2, -0.15) is 0 Å². The number of aromatic nitrogens is 1. The lowest BCUT2D eigenvalue weighted by Crippen LogP contribution is -2.42. The molecule has 70 valence electrons. The molecule has 2 rings (SSSR count). The van der Waals surface area contributed by atoms with Gasteiger partial charge in [0.15, 0.2) is 0 Å². The van der Waals surface area contributed by atoms with E-state index in [0.29, 0.717) is 6.17 Å². The Bertz CT molecular complexity index is 260. The van der Waals surface area contributed by atoms with Crippen molar-refractivity contribution >= 4 is 0 Å². The lowest BCUT2D eigenvalue weighted by Gasteiger charge is -2.33. The maximum Gasteiger partial charge on any atom is 0.0859 e. The van der Waals surface area contributed by atoms with Crippen LogP contribution in [0.25, 0.3) is 0 Å². The number of hydrogen-bond donors (Lipinski definition) is 1. The van der Waals surface area contributed by atoms with Gasteiger partial charge in [0, 0.05) is 18.9 Å². The Morgan fingerprint density at radius 1 is 1.46 bits per heavy atom. The third-order valence-electron chi connectivity index (χ3n) is 2.49. The van der Waals surface area contributed by atoms with Gasteiger partial charge in [-0.05, 0) is 37.7 Å². The number of pyridine rings is 1. The molecular formula is C10H15N3. The fraction of sp³-hybridized carbons (Fsp3) is 0.500. The molecule has 13 heavy (non-hydrogen) atoms. The van der Waals surface area contributed by atoms with Gasteiger partial charge in [0.1, 0.15) is 0 Å². The summed E-state index contributed by atoms with van der Waals surface area (Å²) < 4.78 is 0. The Morgan fingerprint density at radius 2 is 2.23 bits per heavy atom. The van der Waals surface area contributed by atoms with E-state index in [1.807, 2.05) is 12.4 Å². The lowest BCUT2D eigenvalue weighted by atomic mass is 10.1. The van der Waals surface area contributed by atoms with Crippen LogP contribution >= 0.6 is 0 Å². The van der Waals surface area contributed by atoms with Gasteiger partial charge in [0.2, 0.25) is 0 Å². The normalized spacial score (nSPS) is 24.5. The summed E-state index contributed by atoms with van der Waals surface area (Å²) in [4.78, 5) is 6.35. The molecule has 0 bridgehead atoms. The van der Waals surface area contributed by atoms with Gasteiger partial charge in [-0.25, -0.2) is 0 Å². The van der Waals surface area contributed by atoms with Crippen LogP contribution in [0.5, 0.6) is 0 Å². The molecular weight excluding hydrogens is 162 g/mol. The van der Waals surface area contributed by atoms with Crippen molar-refractivity contribution in [3.63, 3.8) is 0 Å². The van der Waals surface area contributed by atoms with Crippen molar-refractivity contribution in [3.05, 3.63) is 30.1 Å². The molecule has 1 fully saturated rings. The predicted octanol–water partition coefficient (Wildman–Crippen LogP) is 1.01. The molecule has 0 aromatic carbocycles. The first kappa shape index (κ1) is 8.66. The first-order valence-corrected chi connectivity index (χ1v) is 4.71. The fourth-order valence-electron chi connectivity index (χ4n) is 1.77. The lowest BCUT2D eigenvalue weighted by molar-refractivity contribution is 0.167. The number of nitrogens with zero attached hydrogens (tertiary/aromatic N) is 2. The van der Waals surface area contributed by atoms with Crippen LogP contribution in [0.2, 0.25) is 0 Å². The fourth-order valence-corrected chi connectivity index (χ4v) is 1.77. The minimum Gasteiger partial charge on any atom is -0.298 e. The first-order chi connectivity index (χ1) is 6.38. The molecule has 0 spiro atoms. The van der Waals surface area contributed by atoms with Gasteiger partial charge >= 0.3 is 0 Å². The van der Waals surface area contributed by atoms with Crippen LogP contribution in [0.3, 0.4) is 0 Å². The zero-order valence-corrected chi connectivity index (χ0v) is 7.90. The van der Waals surface area contributed by atoms with E-state index in [1.54, 1.807) is 0 Å². The van der Waals surface area contributed by atoms with Crippen LogP contribution in [0.4, 0.5) is 0 Å². The van der Waals surface area contributed by atoms with E-state index in [2.05, 4.69) is 34.4 Å². The Balaban J connectivity index is 2.15. The minimum atomic E-state index is 0.372. The monoisotopic (exact) mass is 177 g/mol. The number of nitrogens with one attached hydrogen (secondary N) is 1. The molecule has 3 nitrogen and oxygen atoms in total. The minimum absolute atomic E-state index is 0.372. The molecule has 1 unspecified atom stereocenters. The highest BCUT2D eigenvalue weighted by atomic mass is 15.3. The Hall–Kier alpha value is -0.930. The number of hydrogen-bond acceptors (Lipinski definition) is 3. The van der Waals surface area contributed by atoms with Gasteiger partial charge in [0.05, 0.1) is 6.17 Å². The highest BCUT2D eigenvalue weighted by Gasteiger charge is 2.18. The van der Waals surface area contributed by atoms with Crippen molar-refractivity contribution in [2.24, 2.45) is 0 Å². The quantitative estimate of drug-likeness (QED) is 0.693. The zero-order valence-electron chi connectivity index (χ0n) is 7.90. The zero-order chi connectivity index (χ0) is 9.10. The summed E-state index contributed by atoms with van der Waals surface area (Å²) in [7, 11) is 2.15. The second-order valence-electron chi connectivity index (χ2n) is 3.47. The molecule has 1 atom stereocenters. The van der Waals surface area contributed by atoms with E-state index in [0.717, 1.165) is 6.54 Å². The SMILES string of the molecule is CN1CCCNC1c1ccncc1. The van der Waals surface area contributed by atoms with Crippen molar-refractivity contribution < 1.29 is 0 Å². The summed E-state index contributed by atoms with van der Waals surface area (Å²) in [6.07, 6.45) is 5.30. The highest BCUT2D eigenvalue weighted by Crippen LogP contribution is 2.18. The van der Waals surface area contributed by atoms with Gasteiger partial charge in [-0.3, -0.25) is 15.2 Å². The Labute approximate surface area is 78.8 Å². The number of rotatable bonds is 1. The van der Waals surface area contributed by atoms with Gasteiger partial charge in [0.25, 0.3) is 0 Å². The Morgan fingerprint density at radius 3 is 2.92 bits per heavy atom. The molecule has 1 aromatic rings. The van der Waals surface area contributed by atoms with Crippen molar-refractivity contribution in [1.82, 2.24) is 15.2 Å². The molecule has 0 saturated carbocycles. The van der Waals surface area contributed by atoms with Gasteiger partial charge in [-0.1, -0.05) is 0 Å². The third-order valence-corrected chi connectivity index (χ3v) is 2.49.